The second-order valence-corrected chi connectivity index (χ2v) is 9.73. The Hall–Kier alpha value is -2.55. The number of aromatic nitrogens is 2. The van der Waals surface area contributed by atoms with Crippen molar-refractivity contribution in [1.29, 1.82) is 0 Å². The molecular formula is C26H35N5O2S. The molecule has 1 aliphatic heterocycles. The Balaban J connectivity index is 1.57. The molecule has 1 atom stereocenters. The molecule has 4 rings (SSSR count). The van der Waals surface area contributed by atoms with Crippen molar-refractivity contribution in [1.82, 2.24) is 20.2 Å². The Morgan fingerprint density at radius 1 is 1.18 bits per heavy atom. The van der Waals surface area contributed by atoms with E-state index < -0.39 is 0 Å². The Labute approximate surface area is 206 Å². The van der Waals surface area contributed by atoms with E-state index in [1.165, 1.54) is 0 Å². The number of thiophene rings is 1. The number of para-hydroxylation sites is 1. The summed E-state index contributed by atoms with van der Waals surface area (Å²) >= 11 is 1.64. The monoisotopic (exact) mass is 481 g/mol. The Kier molecular flexibility index (Phi) is 8.85. The number of benzene rings is 1. The predicted octanol–water partition coefficient (Wildman–Crippen LogP) is 4.19. The van der Waals surface area contributed by atoms with Crippen molar-refractivity contribution in [3.8, 4) is 10.7 Å². The number of rotatable bonds is 11. The van der Waals surface area contributed by atoms with Gasteiger partial charge in [0, 0.05) is 50.6 Å². The zero-order valence-electron chi connectivity index (χ0n) is 20.2. The summed E-state index contributed by atoms with van der Waals surface area (Å²) in [4.78, 5) is 28.2. The molecule has 0 saturated carbocycles. The fraction of sp³-hybridized carbons (Fsp3) is 0.500. The van der Waals surface area contributed by atoms with Crippen LogP contribution in [-0.2, 0) is 9.53 Å². The van der Waals surface area contributed by atoms with Crippen LogP contribution in [0, 0.1) is 0 Å². The van der Waals surface area contributed by atoms with Gasteiger partial charge in [0.05, 0.1) is 23.6 Å². The minimum atomic E-state index is 0.0874. The number of nitrogens with one attached hydrogen (secondary N) is 1. The molecule has 2 aromatic heterocycles. The van der Waals surface area contributed by atoms with Crippen LogP contribution in [0.4, 0.5) is 5.82 Å². The first-order valence-electron chi connectivity index (χ1n) is 12.3. The van der Waals surface area contributed by atoms with Gasteiger partial charge in [0.25, 0.3) is 0 Å². The average molecular weight is 482 g/mol. The lowest BCUT2D eigenvalue weighted by Gasteiger charge is -2.29. The van der Waals surface area contributed by atoms with Crippen molar-refractivity contribution in [2.45, 2.75) is 39.2 Å². The number of ether oxygens (including phenoxy) is 1. The normalized spacial score (nSPS) is 15.4. The van der Waals surface area contributed by atoms with E-state index in [0.717, 1.165) is 79.7 Å². The highest BCUT2D eigenvalue weighted by Crippen LogP contribution is 2.29. The maximum Gasteiger partial charge on any atom is 0.221 e. The van der Waals surface area contributed by atoms with Crippen LogP contribution in [-0.4, -0.2) is 72.8 Å². The number of carbonyl (C=O) groups excluding carboxylic acids is 1. The van der Waals surface area contributed by atoms with Crippen LogP contribution in [0.2, 0.25) is 0 Å². The maximum atomic E-state index is 12.6. The summed E-state index contributed by atoms with van der Waals surface area (Å²) in [5.74, 6) is 1.74. The molecule has 0 unspecified atom stereocenters. The predicted molar refractivity (Wildman–Crippen MR) is 139 cm³/mol. The van der Waals surface area contributed by atoms with E-state index in [0.29, 0.717) is 13.0 Å². The van der Waals surface area contributed by atoms with Crippen molar-refractivity contribution < 1.29 is 9.53 Å². The number of fused-ring (bicyclic) bond motifs is 1. The smallest absolute Gasteiger partial charge is 0.221 e. The van der Waals surface area contributed by atoms with Crippen molar-refractivity contribution in [2.75, 3.05) is 50.8 Å². The second-order valence-electron chi connectivity index (χ2n) is 8.79. The summed E-state index contributed by atoms with van der Waals surface area (Å²) in [7, 11) is 0. The largest absolute Gasteiger partial charge is 0.379 e. The molecule has 0 radical (unpaired) electrons. The van der Waals surface area contributed by atoms with E-state index in [2.05, 4.69) is 34.2 Å². The molecule has 34 heavy (non-hydrogen) atoms. The van der Waals surface area contributed by atoms with Gasteiger partial charge in [0.2, 0.25) is 5.91 Å². The number of carbonyl (C=O) groups is 1. The molecule has 8 heteroatoms. The minimum absolute atomic E-state index is 0.0874. The summed E-state index contributed by atoms with van der Waals surface area (Å²) in [6.07, 6.45) is 2.37. The van der Waals surface area contributed by atoms with E-state index >= 15 is 0 Å². The van der Waals surface area contributed by atoms with Gasteiger partial charge in [-0.05, 0) is 43.3 Å². The van der Waals surface area contributed by atoms with E-state index in [1.807, 2.05) is 36.6 Å². The number of morpholine rings is 1. The summed E-state index contributed by atoms with van der Waals surface area (Å²) in [5, 5.41) is 6.17. The van der Waals surface area contributed by atoms with E-state index in [9.17, 15) is 4.79 Å². The first-order chi connectivity index (χ1) is 16.6. The third-order valence-electron chi connectivity index (χ3n) is 6.26. The van der Waals surface area contributed by atoms with E-state index in [1.54, 1.807) is 11.3 Å². The molecule has 1 fully saturated rings. The number of amides is 1. The number of hydrogen-bond acceptors (Lipinski definition) is 7. The number of anilines is 1. The molecule has 1 aliphatic rings. The number of nitrogens with zero attached hydrogens (tertiary/aromatic N) is 4. The van der Waals surface area contributed by atoms with Crippen molar-refractivity contribution in [3.63, 3.8) is 0 Å². The van der Waals surface area contributed by atoms with Crippen LogP contribution in [0.5, 0.6) is 0 Å². The lowest BCUT2D eigenvalue weighted by atomic mass is 10.2. The zero-order chi connectivity index (χ0) is 23.8. The molecule has 1 amide bonds. The first kappa shape index (κ1) is 24.6. The molecule has 1 N–H and O–H groups in total. The van der Waals surface area contributed by atoms with Crippen molar-refractivity contribution in [3.05, 3.63) is 41.8 Å². The minimum Gasteiger partial charge on any atom is -0.379 e. The maximum absolute atomic E-state index is 12.6. The molecule has 3 aromatic rings. The van der Waals surface area contributed by atoms with Gasteiger partial charge < -0.3 is 15.0 Å². The third-order valence-corrected chi connectivity index (χ3v) is 7.12. The highest BCUT2D eigenvalue weighted by Gasteiger charge is 2.18. The van der Waals surface area contributed by atoms with Gasteiger partial charge in [0.15, 0.2) is 5.82 Å². The standard InChI is InChI=1S/C26H35N5O2S/c1-3-20(2)27-24(32)11-14-31(13-7-12-30-15-17-33-18-16-30)26-21-8-4-5-9-22(21)28-25(29-26)23-10-6-19-34-23/h4-6,8-10,19-20H,3,7,11-18H2,1-2H3,(H,27,32)/t20-/m1/s1. The topological polar surface area (TPSA) is 70.6 Å². The van der Waals surface area contributed by atoms with Gasteiger partial charge in [0.1, 0.15) is 5.82 Å². The molecule has 0 spiro atoms. The number of hydrogen-bond donors (Lipinski definition) is 1. The highest BCUT2D eigenvalue weighted by molar-refractivity contribution is 7.13. The summed E-state index contributed by atoms with van der Waals surface area (Å²) in [5.41, 5.74) is 0.929. The van der Waals surface area contributed by atoms with Crippen LogP contribution < -0.4 is 10.2 Å². The van der Waals surface area contributed by atoms with Gasteiger partial charge in [-0.25, -0.2) is 9.97 Å². The summed E-state index contributed by atoms with van der Waals surface area (Å²) in [6, 6.07) is 12.4. The van der Waals surface area contributed by atoms with Crippen LogP contribution in [0.15, 0.2) is 41.8 Å². The van der Waals surface area contributed by atoms with Gasteiger partial charge >= 0.3 is 0 Å². The van der Waals surface area contributed by atoms with E-state index in [4.69, 9.17) is 14.7 Å². The molecule has 3 heterocycles. The van der Waals surface area contributed by atoms with Crippen LogP contribution >= 0.6 is 11.3 Å². The van der Waals surface area contributed by atoms with Crippen molar-refractivity contribution >= 4 is 34.0 Å². The molecular weight excluding hydrogens is 446 g/mol. The summed E-state index contributed by atoms with van der Waals surface area (Å²) < 4.78 is 5.49. The van der Waals surface area contributed by atoms with Gasteiger partial charge in [-0.1, -0.05) is 25.1 Å². The summed E-state index contributed by atoms with van der Waals surface area (Å²) in [6.45, 7) is 10.2. The van der Waals surface area contributed by atoms with Crippen molar-refractivity contribution in [2.24, 2.45) is 0 Å². The van der Waals surface area contributed by atoms with Crippen LogP contribution in [0.1, 0.15) is 33.1 Å². The third kappa shape index (κ3) is 6.52. The Bertz CT molecular complexity index is 1050. The SMILES string of the molecule is CC[C@@H](C)NC(=O)CCN(CCCN1CCOCC1)c1nc(-c2cccs2)nc2ccccc12. The lowest BCUT2D eigenvalue weighted by molar-refractivity contribution is -0.121. The van der Waals surface area contributed by atoms with Gasteiger partial charge in [-0.2, -0.15) is 0 Å². The zero-order valence-corrected chi connectivity index (χ0v) is 21.0. The quantitative estimate of drug-likeness (QED) is 0.443. The molecule has 1 aromatic carbocycles. The Morgan fingerprint density at radius 2 is 2.00 bits per heavy atom. The second kappa shape index (κ2) is 12.2. The molecule has 0 bridgehead atoms. The molecule has 7 nitrogen and oxygen atoms in total. The van der Waals surface area contributed by atoms with Crippen LogP contribution in [0.3, 0.4) is 0 Å². The highest BCUT2D eigenvalue weighted by atomic mass is 32.1. The molecule has 0 aliphatic carbocycles. The van der Waals surface area contributed by atoms with Crippen LogP contribution in [0.25, 0.3) is 21.6 Å². The molecule has 1 saturated heterocycles. The fourth-order valence-corrected chi connectivity index (χ4v) is 4.79. The Morgan fingerprint density at radius 3 is 2.76 bits per heavy atom. The fourth-order valence-electron chi connectivity index (χ4n) is 4.14. The average Bonchev–Trinajstić information content (AvgIpc) is 3.41. The van der Waals surface area contributed by atoms with E-state index in [-0.39, 0.29) is 11.9 Å². The van der Waals surface area contributed by atoms with Gasteiger partial charge in [-0.15, -0.1) is 11.3 Å². The van der Waals surface area contributed by atoms with Gasteiger partial charge in [-0.3, -0.25) is 9.69 Å². The molecule has 182 valence electrons. The first-order valence-corrected chi connectivity index (χ1v) is 13.2. The lowest BCUT2D eigenvalue weighted by Crippen LogP contribution is -2.39.